The minimum atomic E-state index is -0.586. The molecule has 1 fully saturated rings. The third-order valence-electron chi connectivity index (χ3n) is 6.10. The summed E-state index contributed by atoms with van der Waals surface area (Å²) in [5.41, 5.74) is 2.92. The molecule has 1 aliphatic heterocycles. The Balaban J connectivity index is 1.27. The largest absolute Gasteiger partial charge is 0.453 e. The van der Waals surface area contributed by atoms with Gasteiger partial charge in [-0.15, -0.1) is 0 Å². The van der Waals surface area contributed by atoms with Gasteiger partial charge in [0.2, 0.25) is 5.91 Å². The van der Waals surface area contributed by atoms with Crippen LogP contribution in [-0.2, 0) is 16.1 Å². The van der Waals surface area contributed by atoms with Crippen LogP contribution in [0.1, 0.15) is 5.82 Å². The summed E-state index contributed by atoms with van der Waals surface area (Å²) >= 11 is 6.63. The zero-order valence-corrected chi connectivity index (χ0v) is 20.5. The molecular weight excluding hydrogens is 501 g/mol. The van der Waals surface area contributed by atoms with Crippen LogP contribution < -0.4 is 4.74 Å². The predicted octanol–water partition coefficient (Wildman–Crippen LogP) is 4.12. The van der Waals surface area contributed by atoms with Crippen molar-refractivity contribution in [2.24, 2.45) is 0 Å². The summed E-state index contributed by atoms with van der Waals surface area (Å²) < 4.78 is 27.7. The van der Waals surface area contributed by atoms with Crippen LogP contribution in [0.4, 0.5) is 4.39 Å². The van der Waals surface area contributed by atoms with Crippen LogP contribution in [0.3, 0.4) is 0 Å². The van der Waals surface area contributed by atoms with Gasteiger partial charge in [0.25, 0.3) is 0 Å². The lowest BCUT2D eigenvalue weighted by atomic mass is 10.2. The molecule has 0 aliphatic carbocycles. The van der Waals surface area contributed by atoms with Crippen LogP contribution in [0.15, 0.2) is 42.9 Å². The van der Waals surface area contributed by atoms with Gasteiger partial charge in [-0.3, -0.25) is 14.5 Å². The molecule has 0 spiro atoms. The van der Waals surface area contributed by atoms with Gasteiger partial charge in [0, 0.05) is 24.8 Å². The SMILES string of the molecule is Cc1nc2c(F)c(Oc3ccc4ncc(-c5cnn(CC(=O)N6CCOCC6)c5)nc4c3Cl)ccc2[nH]1. The maximum atomic E-state index is 15.0. The Morgan fingerprint density at radius 2 is 1.95 bits per heavy atom. The second kappa shape index (κ2) is 9.41. The Hall–Kier alpha value is -4.09. The topological polar surface area (TPSA) is 111 Å². The van der Waals surface area contributed by atoms with Crippen molar-refractivity contribution in [3.8, 4) is 22.8 Å². The van der Waals surface area contributed by atoms with Gasteiger partial charge in [0.05, 0.1) is 42.3 Å². The molecule has 0 unspecified atom stereocenters. The van der Waals surface area contributed by atoms with E-state index in [9.17, 15) is 9.18 Å². The highest BCUT2D eigenvalue weighted by Gasteiger charge is 2.19. The number of benzene rings is 2. The Kier molecular flexibility index (Phi) is 5.93. The third kappa shape index (κ3) is 4.47. The lowest BCUT2D eigenvalue weighted by Gasteiger charge is -2.26. The first-order valence-electron chi connectivity index (χ1n) is 11.6. The first kappa shape index (κ1) is 23.3. The zero-order chi connectivity index (χ0) is 25.5. The molecule has 10 nitrogen and oxygen atoms in total. The molecule has 0 bridgehead atoms. The van der Waals surface area contributed by atoms with Crippen LogP contribution >= 0.6 is 11.6 Å². The van der Waals surface area contributed by atoms with Gasteiger partial charge in [-0.05, 0) is 31.2 Å². The van der Waals surface area contributed by atoms with Gasteiger partial charge < -0.3 is 19.4 Å². The molecule has 188 valence electrons. The minimum absolute atomic E-state index is 0.00410. The van der Waals surface area contributed by atoms with Crippen molar-refractivity contribution in [2.75, 3.05) is 26.3 Å². The molecule has 5 aromatic rings. The van der Waals surface area contributed by atoms with E-state index in [1.54, 1.807) is 53.3 Å². The monoisotopic (exact) mass is 521 g/mol. The number of aromatic nitrogens is 6. The molecule has 1 aliphatic rings. The van der Waals surface area contributed by atoms with Gasteiger partial charge in [-0.1, -0.05) is 11.6 Å². The lowest BCUT2D eigenvalue weighted by Crippen LogP contribution is -2.42. The first-order chi connectivity index (χ1) is 18.0. The van der Waals surface area contributed by atoms with Crippen molar-refractivity contribution in [3.63, 3.8) is 0 Å². The number of hydrogen-bond acceptors (Lipinski definition) is 7. The average Bonchev–Trinajstić information content (AvgIpc) is 3.54. The van der Waals surface area contributed by atoms with Crippen LogP contribution in [0.2, 0.25) is 5.02 Å². The average molecular weight is 522 g/mol. The summed E-state index contributed by atoms with van der Waals surface area (Å²) in [7, 11) is 0. The van der Waals surface area contributed by atoms with Gasteiger partial charge in [0.1, 0.15) is 34.2 Å². The maximum absolute atomic E-state index is 15.0. The molecule has 2 aromatic carbocycles. The summed E-state index contributed by atoms with van der Waals surface area (Å²) in [6, 6.07) is 6.53. The highest BCUT2D eigenvalue weighted by atomic mass is 35.5. The number of nitrogens with zero attached hydrogens (tertiary/aromatic N) is 6. The van der Waals surface area contributed by atoms with Gasteiger partial charge in [0.15, 0.2) is 11.6 Å². The molecule has 1 amide bonds. The number of aryl methyl sites for hydroxylation is 1. The molecule has 4 heterocycles. The van der Waals surface area contributed by atoms with Crippen LogP contribution in [0.25, 0.3) is 33.3 Å². The molecule has 0 saturated carbocycles. The van der Waals surface area contributed by atoms with E-state index in [4.69, 9.17) is 21.1 Å². The van der Waals surface area contributed by atoms with Crippen LogP contribution in [-0.4, -0.2) is 66.8 Å². The normalized spacial score (nSPS) is 14.0. The van der Waals surface area contributed by atoms with Crippen LogP contribution in [0.5, 0.6) is 11.5 Å². The Morgan fingerprint density at radius 1 is 1.14 bits per heavy atom. The van der Waals surface area contributed by atoms with E-state index >= 15 is 0 Å². The van der Waals surface area contributed by atoms with Crippen molar-refractivity contribution in [1.82, 2.24) is 34.6 Å². The number of carbonyl (C=O) groups excluding carboxylic acids is 1. The van der Waals surface area contributed by atoms with Crippen molar-refractivity contribution in [3.05, 3.63) is 59.5 Å². The van der Waals surface area contributed by atoms with Crippen molar-refractivity contribution in [1.29, 1.82) is 0 Å². The third-order valence-corrected chi connectivity index (χ3v) is 6.47. The van der Waals surface area contributed by atoms with E-state index in [1.807, 2.05) is 0 Å². The number of halogens is 2. The van der Waals surface area contributed by atoms with Crippen molar-refractivity contribution in [2.45, 2.75) is 13.5 Å². The number of morpholine rings is 1. The smallest absolute Gasteiger partial charge is 0.244 e. The molecule has 3 aromatic heterocycles. The number of nitrogens with one attached hydrogen (secondary N) is 1. The van der Waals surface area contributed by atoms with E-state index in [-0.39, 0.29) is 34.5 Å². The van der Waals surface area contributed by atoms with Crippen molar-refractivity contribution >= 4 is 39.6 Å². The molecule has 12 heteroatoms. The lowest BCUT2D eigenvalue weighted by molar-refractivity contribution is -0.136. The summed E-state index contributed by atoms with van der Waals surface area (Å²) in [6.45, 7) is 4.10. The van der Waals surface area contributed by atoms with E-state index < -0.39 is 5.82 Å². The number of H-pyrrole nitrogens is 1. The fourth-order valence-electron chi connectivity index (χ4n) is 4.22. The Bertz CT molecular complexity index is 1640. The standard InChI is InChI=1S/C25H21ClFN7O3/c1-14-30-17-3-5-20(23(27)25(17)31-14)37-19-4-2-16-24(22(19)26)32-18(11-28-16)15-10-29-34(12-15)13-21(35)33-6-8-36-9-7-33/h2-5,10-12H,6-9,13H2,1H3,(H,30,31). The van der Waals surface area contributed by atoms with E-state index in [0.717, 1.165) is 0 Å². The number of carbonyl (C=O) groups is 1. The summed E-state index contributed by atoms with van der Waals surface area (Å²) in [5.74, 6) is 0.222. The molecule has 1 saturated heterocycles. The number of amides is 1. The Morgan fingerprint density at radius 3 is 2.78 bits per heavy atom. The van der Waals surface area contributed by atoms with E-state index in [1.165, 1.54) is 6.07 Å². The molecule has 1 N–H and O–H groups in total. The highest BCUT2D eigenvalue weighted by Crippen LogP contribution is 2.37. The number of aromatic amines is 1. The van der Waals surface area contributed by atoms with Gasteiger partial charge in [-0.25, -0.2) is 14.4 Å². The molecule has 0 radical (unpaired) electrons. The zero-order valence-electron chi connectivity index (χ0n) is 19.7. The number of ether oxygens (including phenoxy) is 2. The molecule has 6 rings (SSSR count). The maximum Gasteiger partial charge on any atom is 0.244 e. The molecule has 0 atom stereocenters. The second-order valence-corrected chi connectivity index (χ2v) is 9.00. The van der Waals surface area contributed by atoms with E-state index in [2.05, 4.69) is 25.0 Å². The molecule has 37 heavy (non-hydrogen) atoms. The van der Waals surface area contributed by atoms with E-state index in [0.29, 0.717) is 59.9 Å². The number of imidazole rings is 1. The summed E-state index contributed by atoms with van der Waals surface area (Å²) in [5, 5.41) is 4.50. The fourth-order valence-corrected chi connectivity index (χ4v) is 4.46. The minimum Gasteiger partial charge on any atom is -0.453 e. The van der Waals surface area contributed by atoms with Crippen molar-refractivity contribution < 1.29 is 18.7 Å². The highest BCUT2D eigenvalue weighted by molar-refractivity contribution is 6.36. The quantitative estimate of drug-likeness (QED) is 0.370. The van der Waals surface area contributed by atoms with Gasteiger partial charge in [-0.2, -0.15) is 5.10 Å². The summed E-state index contributed by atoms with van der Waals surface area (Å²) in [4.78, 5) is 30.6. The first-order valence-corrected chi connectivity index (χ1v) is 12.0. The number of hydrogen-bond donors (Lipinski definition) is 1. The summed E-state index contributed by atoms with van der Waals surface area (Å²) in [6.07, 6.45) is 4.96. The predicted molar refractivity (Wildman–Crippen MR) is 134 cm³/mol. The number of fused-ring (bicyclic) bond motifs is 2. The van der Waals surface area contributed by atoms with Gasteiger partial charge >= 0.3 is 0 Å². The number of rotatable bonds is 5. The fraction of sp³-hybridized carbons (Fsp3) is 0.240. The second-order valence-electron chi connectivity index (χ2n) is 8.62. The Labute approximate surface area is 215 Å². The van der Waals surface area contributed by atoms with Crippen LogP contribution in [0, 0.1) is 12.7 Å². The molecular formula is C25H21ClFN7O3.